The SMILES string of the molecule is COc1ccccc1OC(=O)CNC(=O)Cc1ccccc1F. The molecule has 0 bridgehead atoms. The Labute approximate surface area is 133 Å². The first-order valence-corrected chi connectivity index (χ1v) is 6.94. The van der Waals surface area contributed by atoms with Crippen molar-refractivity contribution in [3.05, 3.63) is 59.9 Å². The first-order chi connectivity index (χ1) is 11.1. The van der Waals surface area contributed by atoms with Crippen molar-refractivity contribution in [2.75, 3.05) is 13.7 Å². The molecule has 0 aliphatic rings. The van der Waals surface area contributed by atoms with Crippen LogP contribution in [0.5, 0.6) is 11.5 Å². The van der Waals surface area contributed by atoms with Crippen LogP contribution in [-0.4, -0.2) is 25.5 Å². The number of carbonyl (C=O) groups excluding carboxylic acids is 2. The predicted molar refractivity (Wildman–Crippen MR) is 81.7 cm³/mol. The quantitative estimate of drug-likeness (QED) is 0.654. The maximum Gasteiger partial charge on any atom is 0.330 e. The molecule has 0 aliphatic heterocycles. The highest BCUT2D eigenvalue weighted by atomic mass is 19.1. The Morgan fingerprint density at radius 1 is 1.04 bits per heavy atom. The van der Waals surface area contributed by atoms with E-state index in [0.29, 0.717) is 5.75 Å². The molecular formula is C17H16FNO4. The van der Waals surface area contributed by atoms with Crippen LogP contribution >= 0.6 is 0 Å². The Balaban J connectivity index is 1.84. The third-order valence-corrected chi connectivity index (χ3v) is 3.03. The summed E-state index contributed by atoms with van der Waals surface area (Å²) in [5.74, 6) is -0.885. The van der Waals surface area contributed by atoms with Gasteiger partial charge in [-0.2, -0.15) is 0 Å². The topological polar surface area (TPSA) is 64.6 Å². The van der Waals surface area contributed by atoms with Crippen molar-refractivity contribution in [3.8, 4) is 11.5 Å². The Morgan fingerprint density at radius 3 is 2.39 bits per heavy atom. The minimum absolute atomic E-state index is 0.144. The molecule has 23 heavy (non-hydrogen) atoms. The van der Waals surface area contributed by atoms with E-state index in [2.05, 4.69) is 5.32 Å². The van der Waals surface area contributed by atoms with Crippen LogP contribution in [0.15, 0.2) is 48.5 Å². The summed E-state index contributed by atoms with van der Waals surface area (Å²) < 4.78 is 23.6. The number of hydrogen-bond donors (Lipinski definition) is 1. The van der Waals surface area contributed by atoms with Crippen LogP contribution in [-0.2, 0) is 16.0 Å². The normalized spacial score (nSPS) is 10.0. The van der Waals surface area contributed by atoms with Gasteiger partial charge in [0, 0.05) is 0 Å². The second-order valence-corrected chi connectivity index (χ2v) is 4.67. The lowest BCUT2D eigenvalue weighted by atomic mass is 10.1. The molecule has 120 valence electrons. The second-order valence-electron chi connectivity index (χ2n) is 4.67. The van der Waals surface area contributed by atoms with Crippen LogP contribution in [0.1, 0.15) is 5.56 Å². The van der Waals surface area contributed by atoms with Crippen LogP contribution in [0.25, 0.3) is 0 Å². The lowest BCUT2D eigenvalue weighted by molar-refractivity contribution is -0.135. The average Bonchev–Trinajstić information content (AvgIpc) is 2.55. The van der Waals surface area contributed by atoms with Crippen molar-refractivity contribution >= 4 is 11.9 Å². The highest BCUT2D eigenvalue weighted by molar-refractivity contribution is 5.84. The minimum Gasteiger partial charge on any atom is -0.493 e. The highest BCUT2D eigenvalue weighted by Gasteiger charge is 2.12. The van der Waals surface area contributed by atoms with Gasteiger partial charge in [0.15, 0.2) is 11.5 Å². The fourth-order valence-corrected chi connectivity index (χ4v) is 1.91. The number of ether oxygens (including phenoxy) is 2. The van der Waals surface area contributed by atoms with E-state index < -0.39 is 17.7 Å². The molecule has 0 unspecified atom stereocenters. The Hall–Kier alpha value is -2.89. The number of rotatable bonds is 6. The van der Waals surface area contributed by atoms with E-state index >= 15 is 0 Å². The van der Waals surface area contributed by atoms with Crippen molar-refractivity contribution in [1.29, 1.82) is 0 Å². The van der Waals surface area contributed by atoms with Gasteiger partial charge in [-0.3, -0.25) is 4.79 Å². The molecule has 2 aromatic rings. The summed E-state index contributed by atoms with van der Waals surface area (Å²) in [6.07, 6.45) is -0.144. The number of benzene rings is 2. The third kappa shape index (κ3) is 4.81. The number of esters is 1. The van der Waals surface area contributed by atoms with Crippen LogP contribution in [0, 0.1) is 5.82 Å². The Morgan fingerprint density at radius 2 is 1.70 bits per heavy atom. The fourth-order valence-electron chi connectivity index (χ4n) is 1.91. The van der Waals surface area contributed by atoms with E-state index in [0.717, 1.165) is 0 Å². The summed E-state index contributed by atoms with van der Waals surface area (Å²) in [7, 11) is 1.46. The molecule has 0 aliphatic carbocycles. The van der Waals surface area contributed by atoms with Crippen molar-refractivity contribution in [1.82, 2.24) is 5.32 Å². The minimum atomic E-state index is -0.642. The highest BCUT2D eigenvalue weighted by Crippen LogP contribution is 2.25. The summed E-state index contributed by atoms with van der Waals surface area (Å²) in [6.45, 7) is -0.314. The largest absolute Gasteiger partial charge is 0.493 e. The molecule has 1 amide bonds. The number of methoxy groups -OCH3 is 1. The van der Waals surface area contributed by atoms with Crippen LogP contribution < -0.4 is 14.8 Å². The van der Waals surface area contributed by atoms with Gasteiger partial charge in [0.05, 0.1) is 13.5 Å². The molecule has 0 saturated heterocycles. The molecule has 2 rings (SSSR count). The molecule has 0 radical (unpaired) electrons. The van der Waals surface area contributed by atoms with Gasteiger partial charge in [-0.05, 0) is 23.8 Å². The van der Waals surface area contributed by atoms with Crippen molar-refractivity contribution < 1.29 is 23.5 Å². The third-order valence-electron chi connectivity index (χ3n) is 3.03. The lowest BCUT2D eigenvalue weighted by Crippen LogP contribution is -2.33. The maximum atomic E-state index is 13.4. The Bertz CT molecular complexity index is 702. The van der Waals surface area contributed by atoms with Crippen molar-refractivity contribution in [3.63, 3.8) is 0 Å². The molecular weight excluding hydrogens is 301 g/mol. The van der Waals surface area contributed by atoms with Gasteiger partial charge < -0.3 is 14.8 Å². The molecule has 5 nitrogen and oxygen atoms in total. The predicted octanol–water partition coefficient (Wildman–Crippen LogP) is 2.10. The second kappa shape index (κ2) is 7.93. The van der Waals surface area contributed by atoms with E-state index in [9.17, 15) is 14.0 Å². The monoisotopic (exact) mass is 317 g/mol. The maximum absolute atomic E-state index is 13.4. The first kappa shape index (κ1) is 16.5. The van der Waals surface area contributed by atoms with E-state index in [1.165, 1.54) is 19.2 Å². The fraction of sp³-hybridized carbons (Fsp3) is 0.176. The molecule has 0 saturated carbocycles. The average molecular weight is 317 g/mol. The van der Waals surface area contributed by atoms with Gasteiger partial charge in [0.25, 0.3) is 0 Å². The number of nitrogens with one attached hydrogen (secondary N) is 1. The van der Waals surface area contributed by atoms with Gasteiger partial charge in [-0.25, -0.2) is 9.18 Å². The molecule has 0 spiro atoms. The molecule has 0 atom stereocenters. The van der Waals surface area contributed by atoms with E-state index in [-0.39, 0.29) is 24.3 Å². The van der Waals surface area contributed by atoms with Crippen LogP contribution in [0.2, 0.25) is 0 Å². The van der Waals surface area contributed by atoms with E-state index in [4.69, 9.17) is 9.47 Å². The summed E-state index contributed by atoms with van der Waals surface area (Å²) in [5.41, 5.74) is 0.267. The standard InChI is InChI=1S/C17H16FNO4/c1-22-14-8-4-5-9-15(14)23-17(21)11-19-16(20)10-12-6-2-3-7-13(12)18/h2-9H,10-11H2,1H3,(H,19,20). The molecule has 6 heteroatoms. The number of hydrogen-bond acceptors (Lipinski definition) is 4. The first-order valence-electron chi connectivity index (χ1n) is 6.94. The molecule has 0 aromatic heterocycles. The van der Waals surface area contributed by atoms with Gasteiger partial charge in [-0.1, -0.05) is 30.3 Å². The Kier molecular flexibility index (Phi) is 5.68. The van der Waals surface area contributed by atoms with E-state index in [1.807, 2.05) is 0 Å². The van der Waals surface area contributed by atoms with Gasteiger partial charge >= 0.3 is 5.97 Å². The zero-order chi connectivity index (χ0) is 16.7. The van der Waals surface area contributed by atoms with E-state index in [1.54, 1.807) is 36.4 Å². The summed E-state index contributed by atoms with van der Waals surface area (Å²) in [5, 5.41) is 2.39. The smallest absolute Gasteiger partial charge is 0.330 e. The van der Waals surface area contributed by atoms with Crippen molar-refractivity contribution in [2.24, 2.45) is 0 Å². The molecule has 0 fully saturated rings. The zero-order valence-electron chi connectivity index (χ0n) is 12.5. The van der Waals surface area contributed by atoms with Crippen LogP contribution in [0.4, 0.5) is 4.39 Å². The summed E-state index contributed by atoms with van der Waals surface area (Å²) in [4.78, 5) is 23.5. The van der Waals surface area contributed by atoms with Gasteiger partial charge in [0.2, 0.25) is 5.91 Å². The van der Waals surface area contributed by atoms with Gasteiger partial charge in [0.1, 0.15) is 12.4 Å². The zero-order valence-corrected chi connectivity index (χ0v) is 12.5. The number of amides is 1. The lowest BCUT2D eigenvalue weighted by Gasteiger charge is -2.09. The number of carbonyl (C=O) groups is 2. The van der Waals surface area contributed by atoms with Crippen LogP contribution in [0.3, 0.4) is 0 Å². The summed E-state index contributed by atoms with van der Waals surface area (Å²) in [6, 6.07) is 12.6. The molecule has 1 N–H and O–H groups in total. The van der Waals surface area contributed by atoms with Crippen molar-refractivity contribution in [2.45, 2.75) is 6.42 Å². The molecule has 0 heterocycles. The summed E-state index contributed by atoms with van der Waals surface area (Å²) >= 11 is 0. The molecule has 2 aromatic carbocycles. The number of para-hydroxylation sites is 2. The van der Waals surface area contributed by atoms with Gasteiger partial charge in [-0.15, -0.1) is 0 Å². The number of halogens is 1.